The van der Waals surface area contributed by atoms with Crippen molar-refractivity contribution in [2.75, 3.05) is 6.54 Å². The van der Waals surface area contributed by atoms with E-state index in [9.17, 15) is 4.79 Å². The van der Waals surface area contributed by atoms with Crippen molar-refractivity contribution in [3.8, 4) is 0 Å². The summed E-state index contributed by atoms with van der Waals surface area (Å²) in [7, 11) is 0. The fourth-order valence-electron chi connectivity index (χ4n) is 2.57. The van der Waals surface area contributed by atoms with Crippen molar-refractivity contribution in [3.05, 3.63) is 56.2 Å². The molecule has 1 N–H and O–H groups in total. The van der Waals surface area contributed by atoms with Crippen LogP contribution in [0.25, 0.3) is 0 Å². The summed E-state index contributed by atoms with van der Waals surface area (Å²) in [6.07, 6.45) is 0.927. The first-order valence-electron chi connectivity index (χ1n) is 6.28. The first-order valence-corrected chi connectivity index (χ1v) is 7.54. The van der Waals surface area contributed by atoms with E-state index in [2.05, 4.69) is 23.5 Å². The number of rotatable bonds is 1. The maximum atomic E-state index is 11.9. The standard InChI is InChI=1S/C15H14ClNOS/c1-9-8-10(2-3-13(9)16)11-4-6-17-15(18)14-12(11)5-7-19-14/h2-3,5,7-8,11H,4,6H2,1H3,(H,17,18). The maximum Gasteiger partial charge on any atom is 0.261 e. The van der Waals surface area contributed by atoms with Gasteiger partial charge in [-0.05, 0) is 47.5 Å². The Morgan fingerprint density at radius 1 is 1.37 bits per heavy atom. The second kappa shape index (κ2) is 4.99. The molecule has 3 rings (SSSR count). The molecule has 1 aromatic heterocycles. The molecule has 2 heterocycles. The fraction of sp³-hybridized carbons (Fsp3) is 0.267. The van der Waals surface area contributed by atoms with E-state index in [1.54, 1.807) is 0 Å². The van der Waals surface area contributed by atoms with Crippen LogP contribution in [0.15, 0.2) is 29.6 Å². The SMILES string of the molecule is Cc1cc(C2CCNC(=O)c3sccc32)ccc1Cl. The minimum atomic E-state index is 0.0539. The van der Waals surface area contributed by atoms with Crippen molar-refractivity contribution in [1.29, 1.82) is 0 Å². The van der Waals surface area contributed by atoms with Crippen LogP contribution in [0.1, 0.15) is 38.7 Å². The lowest BCUT2D eigenvalue weighted by Gasteiger charge is -2.16. The molecule has 19 heavy (non-hydrogen) atoms. The average molecular weight is 292 g/mol. The van der Waals surface area contributed by atoms with Gasteiger partial charge in [0, 0.05) is 17.5 Å². The normalized spacial score (nSPS) is 18.6. The molecule has 1 unspecified atom stereocenters. The molecule has 0 radical (unpaired) electrons. The van der Waals surface area contributed by atoms with Gasteiger partial charge in [0.1, 0.15) is 0 Å². The number of halogens is 1. The highest BCUT2D eigenvalue weighted by molar-refractivity contribution is 7.12. The predicted molar refractivity (Wildman–Crippen MR) is 79.3 cm³/mol. The van der Waals surface area contributed by atoms with Crippen molar-refractivity contribution < 1.29 is 4.79 Å². The van der Waals surface area contributed by atoms with E-state index in [0.29, 0.717) is 6.54 Å². The van der Waals surface area contributed by atoms with Crippen LogP contribution in [0, 0.1) is 6.92 Å². The van der Waals surface area contributed by atoms with E-state index in [1.165, 1.54) is 16.9 Å². The predicted octanol–water partition coefficient (Wildman–Crippen LogP) is 3.98. The minimum Gasteiger partial charge on any atom is -0.351 e. The van der Waals surface area contributed by atoms with Crippen molar-refractivity contribution in [2.45, 2.75) is 19.3 Å². The van der Waals surface area contributed by atoms with E-state index in [1.807, 2.05) is 18.4 Å². The van der Waals surface area contributed by atoms with Crippen LogP contribution < -0.4 is 5.32 Å². The molecule has 1 aliphatic heterocycles. The molecule has 1 atom stereocenters. The Morgan fingerprint density at radius 2 is 2.21 bits per heavy atom. The quantitative estimate of drug-likeness (QED) is 0.846. The lowest BCUT2D eigenvalue weighted by molar-refractivity contribution is 0.0960. The molecule has 0 spiro atoms. The highest BCUT2D eigenvalue weighted by Crippen LogP contribution is 2.35. The summed E-state index contributed by atoms with van der Waals surface area (Å²) in [5, 5.41) is 5.74. The van der Waals surface area contributed by atoms with Gasteiger partial charge >= 0.3 is 0 Å². The Balaban J connectivity index is 2.07. The Bertz CT molecular complexity index is 635. The Morgan fingerprint density at radius 3 is 3.00 bits per heavy atom. The van der Waals surface area contributed by atoms with Gasteiger partial charge in [0.05, 0.1) is 4.88 Å². The third kappa shape index (κ3) is 2.28. The highest BCUT2D eigenvalue weighted by Gasteiger charge is 2.25. The number of carbonyl (C=O) groups is 1. The molecule has 1 amide bonds. The number of aryl methyl sites for hydroxylation is 1. The molecule has 2 aromatic rings. The average Bonchev–Trinajstić information content (AvgIpc) is 2.82. The lowest BCUT2D eigenvalue weighted by Crippen LogP contribution is -2.21. The summed E-state index contributed by atoms with van der Waals surface area (Å²) in [4.78, 5) is 12.8. The molecular weight excluding hydrogens is 278 g/mol. The van der Waals surface area contributed by atoms with Gasteiger partial charge in [-0.1, -0.05) is 23.7 Å². The summed E-state index contributed by atoms with van der Waals surface area (Å²) in [6, 6.07) is 8.21. The smallest absolute Gasteiger partial charge is 0.261 e. The Kier molecular flexibility index (Phi) is 3.33. The molecule has 2 nitrogen and oxygen atoms in total. The van der Waals surface area contributed by atoms with E-state index >= 15 is 0 Å². The molecule has 0 fully saturated rings. The number of carbonyl (C=O) groups excluding carboxylic acids is 1. The maximum absolute atomic E-state index is 11.9. The Hall–Kier alpha value is -1.32. The van der Waals surface area contributed by atoms with Gasteiger partial charge in [0.25, 0.3) is 5.91 Å². The molecule has 98 valence electrons. The summed E-state index contributed by atoms with van der Waals surface area (Å²) >= 11 is 7.60. The number of fused-ring (bicyclic) bond motifs is 1. The zero-order valence-electron chi connectivity index (χ0n) is 10.6. The highest BCUT2D eigenvalue weighted by atomic mass is 35.5. The number of thiophene rings is 1. The molecule has 0 saturated carbocycles. The zero-order chi connectivity index (χ0) is 13.4. The van der Waals surface area contributed by atoms with Crippen LogP contribution in [0.5, 0.6) is 0 Å². The number of hydrogen-bond donors (Lipinski definition) is 1. The molecule has 4 heteroatoms. The monoisotopic (exact) mass is 291 g/mol. The van der Waals surface area contributed by atoms with E-state index in [4.69, 9.17) is 11.6 Å². The summed E-state index contributed by atoms with van der Waals surface area (Å²) in [5.41, 5.74) is 3.46. The van der Waals surface area contributed by atoms with E-state index < -0.39 is 0 Å². The van der Waals surface area contributed by atoms with Gasteiger partial charge < -0.3 is 5.32 Å². The number of nitrogens with one attached hydrogen (secondary N) is 1. The molecular formula is C15H14ClNOS. The van der Waals surface area contributed by atoms with Gasteiger partial charge in [-0.25, -0.2) is 0 Å². The Labute approximate surface area is 121 Å². The van der Waals surface area contributed by atoms with Gasteiger partial charge in [-0.2, -0.15) is 0 Å². The van der Waals surface area contributed by atoms with Crippen LogP contribution >= 0.6 is 22.9 Å². The van der Waals surface area contributed by atoms with Gasteiger partial charge in [-0.3, -0.25) is 4.79 Å². The van der Waals surface area contributed by atoms with Gasteiger partial charge in [-0.15, -0.1) is 11.3 Å². The summed E-state index contributed by atoms with van der Waals surface area (Å²) < 4.78 is 0. The van der Waals surface area contributed by atoms with Crippen LogP contribution in [-0.4, -0.2) is 12.5 Å². The zero-order valence-corrected chi connectivity index (χ0v) is 12.1. The molecule has 1 aliphatic rings. The first kappa shape index (κ1) is 12.7. The second-order valence-electron chi connectivity index (χ2n) is 4.81. The van der Waals surface area contributed by atoms with E-state index in [0.717, 1.165) is 27.4 Å². The number of hydrogen-bond acceptors (Lipinski definition) is 2. The lowest BCUT2D eigenvalue weighted by atomic mass is 9.89. The van der Waals surface area contributed by atoms with Crippen molar-refractivity contribution >= 4 is 28.8 Å². The van der Waals surface area contributed by atoms with Crippen LogP contribution in [-0.2, 0) is 0 Å². The summed E-state index contributed by atoms with van der Waals surface area (Å²) in [6.45, 7) is 2.73. The first-order chi connectivity index (χ1) is 9.16. The summed E-state index contributed by atoms with van der Waals surface area (Å²) in [5.74, 6) is 0.328. The molecule has 1 aromatic carbocycles. The van der Waals surface area contributed by atoms with Crippen molar-refractivity contribution in [3.63, 3.8) is 0 Å². The molecule has 0 bridgehead atoms. The minimum absolute atomic E-state index is 0.0539. The van der Waals surface area contributed by atoms with Crippen molar-refractivity contribution in [2.24, 2.45) is 0 Å². The van der Waals surface area contributed by atoms with Crippen LogP contribution in [0.4, 0.5) is 0 Å². The number of benzene rings is 1. The van der Waals surface area contributed by atoms with Crippen LogP contribution in [0.2, 0.25) is 5.02 Å². The third-order valence-electron chi connectivity index (χ3n) is 3.58. The van der Waals surface area contributed by atoms with Gasteiger partial charge in [0.15, 0.2) is 0 Å². The number of amides is 1. The van der Waals surface area contributed by atoms with Gasteiger partial charge in [0.2, 0.25) is 0 Å². The van der Waals surface area contributed by atoms with E-state index in [-0.39, 0.29) is 11.8 Å². The topological polar surface area (TPSA) is 29.1 Å². The second-order valence-corrected chi connectivity index (χ2v) is 6.13. The van der Waals surface area contributed by atoms with Crippen LogP contribution in [0.3, 0.4) is 0 Å². The fourth-order valence-corrected chi connectivity index (χ4v) is 3.57. The molecule has 0 saturated heterocycles. The molecule has 0 aliphatic carbocycles. The van der Waals surface area contributed by atoms with Crippen molar-refractivity contribution in [1.82, 2.24) is 5.32 Å². The third-order valence-corrected chi connectivity index (χ3v) is 4.93. The largest absolute Gasteiger partial charge is 0.351 e.